The van der Waals surface area contributed by atoms with E-state index in [0.29, 0.717) is 6.42 Å². The van der Waals surface area contributed by atoms with Crippen LogP contribution in [0.2, 0.25) is 0 Å². The summed E-state index contributed by atoms with van der Waals surface area (Å²) in [6.45, 7) is 8.65. The number of halogens is 3. The number of carbonyl (C=O) groups excluding carboxylic acids is 5. The molecule has 220 valence electrons. The molecule has 5 atom stereocenters. The highest BCUT2D eigenvalue weighted by Crippen LogP contribution is 2.55. The van der Waals surface area contributed by atoms with Crippen LogP contribution in [0.15, 0.2) is 0 Å². The fourth-order valence-electron chi connectivity index (χ4n) is 5.16. The van der Waals surface area contributed by atoms with Crippen molar-refractivity contribution in [3.05, 3.63) is 0 Å². The number of ether oxygens (including phenoxy) is 2. The maximum atomic E-state index is 13.6. The lowest BCUT2D eigenvalue weighted by Gasteiger charge is -2.30. The van der Waals surface area contributed by atoms with E-state index in [0.717, 1.165) is 12.8 Å². The molecule has 1 spiro atoms. The molecule has 10 nitrogen and oxygen atoms in total. The molecule has 3 amide bonds. The Bertz CT molecular complexity index is 980. The molecule has 39 heavy (non-hydrogen) atoms. The molecule has 3 aliphatic rings. The molecule has 1 unspecified atom stereocenters. The number of Topliss-reactive ketones (excluding diaryl/α,β-unsaturated/α-hetero) is 1. The van der Waals surface area contributed by atoms with Gasteiger partial charge in [0.25, 0.3) is 5.91 Å². The zero-order valence-electron chi connectivity index (χ0n) is 22.9. The second-order valence-electron chi connectivity index (χ2n) is 11.7. The van der Waals surface area contributed by atoms with Crippen LogP contribution >= 0.6 is 0 Å². The van der Waals surface area contributed by atoms with Crippen LogP contribution in [0, 0.1) is 23.2 Å². The van der Waals surface area contributed by atoms with Gasteiger partial charge in [-0.1, -0.05) is 27.7 Å². The van der Waals surface area contributed by atoms with E-state index in [2.05, 4.69) is 15.4 Å². The van der Waals surface area contributed by atoms with E-state index in [9.17, 15) is 37.1 Å². The minimum atomic E-state index is -5.17. The molecule has 1 aliphatic carbocycles. The predicted molar refractivity (Wildman–Crippen MR) is 131 cm³/mol. The summed E-state index contributed by atoms with van der Waals surface area (Å²) >= 11 is 0. The summed E-state index contributed by atoms with van der Waals surface area (Å²) < 4.78 is 48.8. The lowest BCUT2D eigenvalue weighted by molar-refractivity contribution is -0.341. The molecule has 0 aromatic carbocycles. The van der Waals surface area contributed by atoms with Crippen molar-refractivity contribution in [2.24, 2.45) is 23.2 Å². The molecular weight excluding hydrogens is 523 g/mol. The van der Waals surface area contributed by atoms with Gasteiger partial charge in [-0.2, -0.15) is 0 Å². The van der Waals surface area contributed by atoms with E-state index >= 15 is 0 Å². The SMILES string of the molecule is CC(C)C[C@@H](OC(=O)C(C)C)C(=O)N1CC2(CC2)C[C@H]1C(=O)NC(C)C(=O)[C@@H](OC(F)(F)F)[C@@H]1CCNC1=O. The molecule has 2 aliphatic heterocycles. The number of likely N-dealkylation sites (tertiary alicyclic amines) is 1. The summed E-state index contributed by atoms with van der Waals surface area (Å²) in [6, 6.07) is -2.41. The van der Waals surface area contributed by atoms with Gasteiger partial charge >= 0.3 is 12.3 Å². The average molecular weight is 562 g/mol. The lowest BCUT2D eigenvalue weighted by atomic mass is 9.93. The number of esters is 1. The third-order valence-electron chi connectivity index (χ3n) is 7.53. The van der Waals surface area contributed by atoms with Crippen LogP contribution in [-0.2, 0) is 33.4 Å². The molecule has 3 rings (SSSR count). The number of ketones is 1. The van der Waals surface area contributed by atoms with Gasteiger partial charge in [-0.15, -0.1) is 13.2 Å². The van der Waals surface area contributed by atoms with Crippen molar-refractivity contribution in [3.8, 4) is 0 Å². The quantitative estimate of drug-likeness (QED) is 0.370. The fraction of sp³-hybridized carbons (Fsp3) is 0.808. The molecule has 0 aromatic rings. The molecule has 1 saturated carbocycles. The summed E-state index contributed by atoms with van der Waals surface area (Å²) in [5.74, 6) is -5.36. The van der Waals surface area contributed by atoms with Crippen molar-refractivity contribution in [2.75, 3.05) is 13.1 Å². The number of rotatable bonds is 11. The Balaban J connectivity index is 1.76. The van der Waals surface area contributed by atoms with Crippen LogP contribution < -0.4 is 10.6 Å². The minimum absolute atomic E-state index is 0.0136. The second kappa shape index (κ2) is 11.8. The lowest BCUT2D eigenvalue weighted by Crippen LogP contribution is -2.55. The normalized spacial score (nSPS) is 24.5. The molecule has 2 saturated heterocycles. The fourth-order valence-corrected chi connectivity index (χ4v) is 5.16. The van der Waals surface area contributed by atoms with Gasteiger partial charge in [-0.25, -0.2) is 0 Å². The molecule has 3 fully saturated rings. The number of alkyl halides is 3. The first-order chi connectivity index (χ1) is 18.0. The number of hydrogen-bond donors (Lipinski definition) is 2. The van der Waals surface area contributed by atoms with E-state index in [1.165, 1.54) is 11.8 Å². The van der Waals surface area contributed by atoms with Gasteiger partial charge in [-0.3, -0.25) is 28.7 Å². The summed E-state index contributed by atoms with van der Waals surface area (Å²) in [5.41, 5.74) is -0.251. The third kappa shape index (κ3) is 7.70. The van der Waals surface area contributed by atoms with Crippen molar-refractivity contribution in [2.45, 2.75) is 97.4 Å². The highest BCUT2D eigenvalue weighted by Gasteiger charge is 2.56. The largest absolute Gasteiger partial charge is 0.523 e. The summed E-state index contributed by atoms with van der Waals surface area (Å²) in [7, 11) is 0. The Morgan fingerprint density at radius 3 is 2.26 bits per heavy atom. The Morgan fingerprint density at radius 1 is 1.13 bits per heavy atom. The molecule has 2 heterocycles. The maximum Gasteiger partial charge on any atom is 0.523 e. The van der Waals surface area contributed by atoms with E-state index in [4.69, 9.17) is 4.74 Å². The van der Waals surface area contributed by atoms with Crippen molar-refractivity contribution in [1.82, 2.24) is 15.5 Å². The van der Waals surface area contributed by atoms with E-state index in [-0.39, 0.29) is 37.3 Å². The van der Waals surface area contributed by atoms with Gasteiger partial charge in [0, 0.05) is 13.1 Å². The molecule has 0 radical (unpaired) electrons. The summed E-state index contributed by atoms with van der Waals surface area (Å²) in [4.78, 5) is 65.6. The maximum absolute atomic E-state index is 13.6. The van der Waals surface area contributed by atoms with Crippen LogP contribution in [0.25, 0.3) is 0 Å². The second-order valence-corrected chi connectivity index (χ2v) is 11.7. The summed E-state index contributed by atoms with van der Waals surface area (Å²) in [5, 5.41) is 4.83. The molecule has 0 aromatic heterocycles. The Kier molecular flexibility index (Phi) is 9.34. The number of nitrogens with one attached hydrogen (secondary N) is 2. The molecular formula is C26H38F3N3O7. The number of carbonyl (C=O) groups is 5. The highest BCUT2D eigenvalue weighted by atomic mass is 19.4. The van der Waals surface area contributed by atoms with Gasteiger partial charge in [0.15, 0.2) is 11.9 Å². The first-order valence-electron chi connectivity index (χ1n) is 13.4. The third-order valence-corrected chi connectivity index (χ3v) is 7.53. The van der Waals surface area contributed by atoms with Crippen molar-refractivity contribution in [1.29, 1.82) is 0 Å². The predicted octanol–water partition coefficient (Wildman–Crippen LogP) is 2.10. The van der Waals surface area contributed by atoms with Crippen molar-refractivity contribution >= 4 is 29.5 Å². The van der Waals surface area contributed by atoms with Gasteiger partial charge in [0.2, 0.25) is 11.8 Å². The zero-order chi connectivity index (χ0) is 29.3. The Labute approximate surface area is 225 Å². The average Bonchev–Trinajstić information content (AvgIpc) is 3.26. The smallest absolute Gasteiger partial charge is 0.452 e. The minimum Gasteiger partial charge on any atom is -0.452 e. The zero-order valence-corrected chi connectivity index (χ0v) is 22.9. The summed E-state index contributed by atoms with van der Waals surface area (Å²) in [6.07, 6.45) is -6.22. The first kappa shape index (κ1) is 30.8. The first-order valence-corrected chi connectivity index (χ1v) is 13.4. The van der Waals surface area contributed by atoms with Crippen LogP contribution in [-0.4, -0.2) is 78.1 Å². The van der Waals surface area contributed by atoms with Crippen LogP contribution in [0.1, 0.15) is 66.7 Å². The van der Waals surface area contributed by atoms with Gasteiger partial charge in [-0.05, 0) is 50.4 Å². The van der Waals surface area contributed by atoms with Crippen molar-refractivity contribution < 1.29 is 46.6 Å². The van der Waals surface area contributed by atoms with E-state index in [1.807, 2.05) is 13.8 Å². The monoisotopic (exact) mass is 561 g/mol. The van der Waals surface area contributed by atoms with Crippen LogP contribution in [0.5, 0.6) is 0 Å². The Hall–Kier alpha value is -2.70. The standard InChI is InChI=1S/C26H38F3N3O7/c1-13(2)10-18(38-24(37)14(3)4)23(36)32-12-25(7-8-25)11-17(32)22(35)31-15(5)19(33)20(39-26(27,28)29)16-6-9-30-21(16)34/h13-18,20H,6-12H2,1-5H3,(H,30,34)(H,31,35)/t15?,16-,17-,18+,20-/m0/s1. The Morgan fingerprint density at radius 2 is 1.77 bits per heavy atom. The van der Waals surface area contributed by atoms with Gasteiger partial charge in [0.05, 0.1) is 17.9 Å². The number of amides is 3. The van der Waals surface area contributed by atoms with Gasteiger partial charge < -0.3 is 20.3 Å². The highest BCUT2D eigenvalue weighted by molar-refractivity contribution is 5.98. The topological polar surface area (TPSA) is 131 Å². The van der Waals surface area contributed by atoms with Crippen LogP contribution in [0.3, 0.4) is 0 Å². The van der Waals surface area contributed by atoms with Gasteiger partial charge in [0.1, 0.15) is 12.1 Å². The van der Waals surface area contributed by atoms with E-state index < -0.39 is 72.0 Å². The van der Waals surface area contributed by atoms with Crippen molar-refractivity contribution in [3.63, 3.8) is 0 Å². The molecule has 13 heteroatoms. The number of hydrogen-bond acceptors (Lipinski definition) is 7. The van der Waals surface area contributed by atoms with Crippen LogP contribution in [0.4, 0.5) is 13.2 Å². The number of nitrogens with zero attached hydrogens (tertiary/aromatic N) is 1. The molecule has 0 bridgehead atoms. The molecule has 2 N–H and O–H groups in total. The van der Waals surface area contributed by atoms with E-state index in [1.54, 1.807) is 13.8 Å².